The second-order valence-corrected chi connectivity index (χ2v) is 8.06. The second kappa shape index (κ2) is 8.02. The van der Waals surface area contributed by atoms with Crippen LogP contribution in [0.25, 0.3) is 0 Å². The highest BCUT2D eigenvalue weighted by atomic mass is 16.3. The van der Waals surface area contributed by atoms with E-state index < -0.39 is 6.04 Å². The van der Waals surface area contributed by atoms with Crippen molar-refractivity contribution in [1.82, 2.24) is 15.1 Å². The molecule has 3 aliphatic rings. The summed E-state index contributed by atoms with van der Waals surface area (Å²) in [6.45, 7) is 2.96. The van der Waals surface area contributed by atoms with Crippen LogP contribution in [0.1, 0.15) is 31.4 Å². The number of carbonyl (C=O) groups excluding carboxylic acids is 2. The molecule has 4 heterocycles. The highest BCUT2D eigenvalue weighted by Gasteiger charge is 2.51. The fraction of sp³-hybridized carbons (Fsp3) is 0.700. The monoisotopic (exact) mass is 375 g/mol. The van der Waals surface area contributed by atoms with Crippen molar-refractivity contribution < 1.29 is 19.1 Å². The smallest absolute Gasteiger partial charge is 0.243 e. The number of aliphatic hydroxyl groups is 1. The van der Waals surface area contributed by atoms with Gasteiger partial charge >= 0.3 is 0 Å². The predicted octanol–water partition coefficient (Wildman–Crippen LogP) is 0.632. The molecule has 1 aromatic heterocycles. The lowest BCUT2D eigenvalue weighted by atomic mass is 9.71. The van der Waals surface area contributed by atoms with Crippen LogP contribution in [0.2, 0.25) is 0 Å². The van der Waals surface area contributed by atoms with Crippen molar-refractivity contribution in [2.45, 2.75) is 44.2 Å². The van der Waals surface area contributed by atoms with Gasteiger partial charge in [-0.05, 0) is 37.3 Å². The Labute approximate surface area is 159 Å². The average Bonchev–Trinajstić information content (AvgIpc) is 3.16. The van der Waals surface area contributed by atoms with E-state index in [1.54, 1.807) is 6.26 Å². The quantitative estimate of drug-likeness (QED) is 0.762. The zero-order valence-electron chi connectivity index (χ0n) is 15.7. The van der Waals surface area contributed by atoms with Gasteiger partial charge in [-0.15, -0.1) is 0 Å². The molecule has 1 aromatic rings. The number of amides is 2. The zero-order valence-corrected chi connectivity index (χ0v) is 15.7. The van der Waals surface area contributed by atoms with Crippen molar-refractivity contribution in [3.8, 4) is 0 Å². The number of β-amino-alcohol motifs (C(OH)–C–C–N with tert-alkyl or cyclic N) is 1. The lowest BCUT2D eigenvalue weighted by Gasteiger charge is -2.55. The summed E-state index contributed by atoms with van der Waals surface area (Å²) in [5.41, 5.74) is 0. The van der Waals surface area contributed by atoms with Gasteiger partial charge in [0, 0.05) is 51.0 Å². The first-order valence-electron chi connectivity index (χ1n) is 10.1. The maximum atomic E-state index is 13.1. The maximum Gasteiger partial charge on any atom is 0.243 e. The van der Waals surface area contributed by atoms with Crippen molar-refractivity contribution in [3.05, 3.63) is 24.2 Å². The Morgan fingerprint density at radius 2 is 2.19 bits per heavy atom. The van der Waals surface area contributed by atoms with Crippen LogP contribution in [0.3, 0.4) is 0 Å². The van der Waals surface area contributed by atoms with Gasteiger partial charge in [-0.3, -0.25) is 9.59 Å². The molecule has 27 heavy (non-hydrogen) atoms. The van der Waals surface area contributed by atoms with Crippen LogP contribution in [0, 0.1) is 11.8 Å². The molecule has 2 amide bonds. The van der Waals surface area contributed by atoms with Crippen molar-refractivity contribution in [2.24, 2.45) is 11.8 Å². The van der Waals surface area contributed by atoms with Crippen molar-refractivity contribution in [1.29, 1.82) is 0 Å². The number of hydrogen-bond acceptors (Lipinski definition) is 5. The number of carbonyl (C=O) groups is 2. The van der Waals surface area contributed by atoms with Gasteiger partial charge in [-0.2, -0.15) is 0 Å². The highest BCUT2D eigenvalue weighted by molar-refractivity contribution is 5.89. The molecule has 3 aliphatic heterocycles. The third-order valence-electron chi connectivity index (χ3n) is 6.35. The Bertz CT molecular complexity index is 660. The highest BCUT2D eigenvalue weighted by Crippen LogP contribution is 2.41. The average molecular weight is 375 g/mol. The van der Waals surface area contributed by atoms with Gasteiger partial charge in [0.05, 0.1) is 12.9 Å². The first-order valence-corrected chi connectivity index (χ1v) is 10.1. The summed E-state index contributed by atoms with van der Waals surface area (Å²) in [7, 11) is 0. The molecule has 4 rings (SSSR count). The summed E-state index contributed by atoms with van der Waals surface area (Å²) in [4.78, 5) is 30.0. The molecule has 3 fully saturated rings. The first kappa shape index (κ1) is 18.5. The molecule has 0 spiro atoms. The number of nitrogens with one attached hydrogen (secondary N) is 1. The summed E-state index contributed by atoms with van der Waals surface area (Å²) >= 11 is 0. The fourth-order valence-electron chi connectivity index (χ4n) is 5.28. The summed E-state index contributed by atoms with van der Waals surface area (Å²) in [5.74, 6) is 1.47. The third kappa shape index (κ3) is 3.75. The van der Waals surface area contributed by atoms with E-state index in [0.29, 0.717) is 31.8 Å². The molecule has 0 unspecified atom stereocenters. The maximum absolute atomic E-state index is 13.1. The number of fused-ring (bicyclic) bond motifs is 4. The summed E-state index contributed by atoms with van der Waals surface area (Å²) < 4.78 is 5.32. The molecule has 2 bridgehead atoms. The van der Waals surface area contributed by atoms with Crippen LogP contribution in [0.15, 0.2) is 22.8 Å². The predicted molar refractivity (Wildman–Crippen MR) is 98.8 cm³/mol. The SMILES string of the molecule is O=C(NCCc1ccco1)[C@H]1[C@@H]2C[C@@H](CN(CCO)C2)[C@@H]2CCCC(=O)N21. The lowest BCUT2D eigenvalue weighted by molar-refractivity contribution is -0.160. The van der Waals surface area contributed by atoms with Crippen molar-refractivity contribution >= 4 is 11.8 Å². The standard InChI is InChI=1S/C20H29N3O4/c24-9-8-22-12-14-11-15(13-22)19(23-17(14)4-1-5-18(23)25)20(26)21-7-6-16-3-2-10-27-16/h2-3,10,14-15,17,19,24H,1,4-9,11-13H2,(H,21,26)/t14-,15+,17-,19+/m0/s1. The second-order valence-electron chi connectivity index (χ2n) is 8.06. The molecule has 7 heteroatoms. The van der Waals surface area contributed by atoms with Crippen molar-refractivity contribution in [3.63, 3.8) is 0 Å². The molecule has 0 aliphatic carbocycles. The van der Waals surface area contributed by atoms with Gasteiger partial charge in [0.1, 0.15) is 11.8 Å². The number of piperidine rings is 3. The van der Waals surface area contributed by atoms with Crippen LogP contribution in [-0.2, 0) is 16.0 Å². The van der Waals surface area contributed by atoms with Crippen LogP contribution in [0.4, 0.5) is 0 Å². The third-order valence-corrected chi connectivity index (χ3v) is 6.35. The Morgan fingerprint density at radius 3 is 2.96 bits per heavy atom. The minimum atomic E-state index is -0.392. The number of aliphatic hydroxyl groups excluding tert-OH is 1. The van der Waals surface area contributed by atoms with Gasteiger partial charge in [0.25, 0.3) is 0 Å². The molecule has 3 saturated heterocycles. The van der Waals surface area contributed by atoms with Gasteiger partial charge < -0.3 is 24.6 Å². The molecule has 0 radical (unpaired) electrons. The molecule has 4 atom stereocenters. The van der Waals surface area contributed by atoms with Gasteiger partial charge in [-0.25, -0.2) is 0 Å². The topological polar surface area (TPSA) is 86.0 Å². The number of rotatable bonds is 6. The van der Waals surface area contributed by atoms with Crippen LogP contribution in [0.5, 0.6) is 0 Å². The fourth-order valence-corrected chi connectivity index (χ4v) is 5.28. The minimum absolute atomic E-state index is 0.0453. The largest absolute Gasteiger partial charge is 0.469 e. The number of likely N-dealkylation sites (tertiary alicyclic amines) is 1. The molecular formula is C20H29N3O4. The van der Waals surface area contributed by atoms with Gasteiger partial charge in [-0.1, -0.05) is 0 Å². The molecular weight excluding hydrogens is 346 g/mol. The molecule has 7 nitrogen and oxygen atoms in total. The molecule has 148 valence electrons. The van der Waals surface area contributed by atoms with E-state index in [1.807, 2.05) is 17.0 Å². The van der Waals surface area contributed by atoms with E-state index >= 15 is 0 Å². The Morgan fingerprint density at radius 1 is 1.33 bits per heavy atom. The summed E-state index contributed by atoms with van der Waals surface area (Å²) in [6, 6.07) is 3.50. The van der Waals surface area contributed by atoms with Crippen molar-refractivity contribution in [2.75, 3.05) is 32.8 Å². The van der Waals surface area contributed by atoms with Gasteiger partial charge in [0.2, 0.25) is 11.8 Å². The van der Waals surface area contributed by atoms with Crippen LogP contribution >= 0.6 is 0 Å². The molecule has 0 saturated carbocycles. The van der Waals surface area contributed by atoms with E-state index in [2.05, 4.69) is 10.2 Å². The summed E-state index contributed by atoms with van der Waals surface area (Å²) in [6.07, 6.45) is 5.71. The lowest BCUT2D eigenvalue weighted by Crippen LogP contribution is -2.68. The zero-order chi connectivity index (χ0) is 18.8. The molecule has 2 N–H and O–H groups in total. The summed E-state index contributed by atoms with van der Waals surface area (Å²) in [5, 5.41) is 12.4. The van der Waals surface area contributed by atoms with Crippen LogP contribution < -0.4 is 5.32 Å². The van der Waals surface area contributed by atoms with E-state index in [-0.39, 0.29) is 30.4 Å². The minimum Gasteiger partial charge on any atom is -0.469 e. The van der Waals surface area contributed by atoms with Gasteiger partial charge in [0.15, 0.2) is 0 Å². The number of hydrogen-bond donors (Lipinski definition) is 2. The van der Waals surface area contributed by atoms with E-state index in [9.17, 15) is 14.7 Å². The first-order chi connectivity index (χ1) is 13.2. The Kier molecular flexibility index (Phi) is 5.50. The van der Waals surface area contributed by atoms with E-state index in [4.69, 9.17) is 4.42 Å². The Hall–Kier alpha value is -1.86. The normalized spacial score (nSPS) is 30.9. The van der Waals surface area contributed by atoms with E-state index in [0.717, 1.165) is 38.1 Å². The van der Waals surface area contributed by atoms with Crippen LogP contribution in [-0.4, -0.2) is 71.6 Å². The number of nitrogens with zero attached hydrogens (tertiary/aromatic N) is 2. The van der Waals surface area contributed by atoms with E-state index in [1.165, 1.54) is 0 Å². The number of furan rings is 1. The molecule has 0 aromatic carbocycles. The Balaban J connectivity index is 1.48.